The number of aliphatic hydroxyl groups is 1. The van der Waals surface area contributed by atoms with Crippen LogP contribution in [-0.4, -0.2) is 61.6 Å². The molecule has 1 fully saturated rings. The third-order valence-corrected chi connectivity index (χ3v) is 6.66. The van der Waals surface area contributed by atoms with Gasteiger partial charge in [0.25, 0.3) is 0 Å². The molecule has 138 valence electrons. The monoisotopic (exact) mass is 385 g/mol. The van der Waals surface area contributed by atoms with Crippen LogP contribution in [0.1, 0.15) is 25.8 Å². The van der Waals surface area contributed by atoms with E-state index in [1.165, 1.54) is 22.5 Å². The quantitative estimate of drug-likeness (QED) is 0.808. The summed E-state index contributed by atoms with van der Waals surface area (Å²) in [5.41, 5.74) is 0.323. The van der Waals surface area contributed by atoms with E-state index in [4.69, 9.17) is 16.9 Å². The van der Waals surface area contributed by atoms with E-state index < -0.39 is 10.0 Å². The van der Waals surface area contributed by atoms with Gasteiger partial charge in [0.1, 0.15) is 4.90 Å². The van der Waals surface area contributed by atoms with Gasteiger partial charge in [0.15, 0.2) is 0 Å². The number of aliphatic hydroxyl groups excluding tert-OH is 1. The number of rotatable bonds is 6. The first-order valence-corrected chi connectivity index (χ1v) is 10.2. The van der Waals surface area contributed by atoms with E-state index in [0.717, 1.165) is 6.54 Å². The van der Waals surface area contributed by atoms with E-state index in [-0.39, 0.29) is 22.6 Å². The second kappa shape index (κ2) is 8.47. The number of hydrogen-bond acceptors (Lipinski definition) is 5. The third-order valence-electron chi connectivity index (χ3n) is 4.31. The standard InChI is InChI=1S/C17H24ClN3O3S/c1-13(2)11-20-6-7-21(12-15(20)5-8-22)25(23,24)17-4-3-14(10-19)9-16(17)18/h3-4,9,13,15,22H,5-8,11-12H2,1-2H3. The van der Waals surface area contributed by atoms with Crippen molar-refractivity contribution < 1.29 is 13.5 Å². The molecule has 0 saturated carbocycles. The molecule has 0 aromatic heterocycles. The van der Waals surface area contributed by atoms with Gasteiger partial charge >= 0.3 is 0 Å². The Morgan fingerprint density at radius 1 is 1.40 bits per heavy atom. The molecule has 1 saturated heterocycles. The first kappa shape index (κ1) is 20.1. The molecule has 1 atom stereocenters. The molecule has 1 unspecified atom stereocenters. The molecule has 6 nitrogen and oxygen atoms in total. The molecule has 1 aromatic rings. The molecular formula is C17H24ClN3O3S. The van der Waals surface area contributed by atoms with Crippen LogP contribution in [0, 0.1) is 17.2 Å². The Balaban J connectivity index is 2.24. The summed E-state index contributed by atoms with van der Waals surface area (Å²) in [5, 5.41) is 18.3. The van der Waals surface area contributed by atoms with Gasteiger partial charge in [-0.3, -0.25) is 4.90 Å². The minimum absolute atomic E-state index is 0.0186. The lowest BCUT2D eigenvalue weighted by Crippen LogP contribution is -2.55. The second-order valence-corrected chi connectivity index (χ2v) is 8.99. The van der Waals surface area contributed by atoms with Crippen LogP contribution in [0.4, 0.5) is 0 Å². The van der Waals surface area contributed by atoms with Crippen LogP contribution in [0.15, 0.2) is 23.1 Å². The van der Waals surface area contributed by atoms with Crippen LogP contribution < -0.4 is 0 Å². The summed E-state index contributed by atoms with van der Waals surface area (Å²) in [4.78, 5) is 2.26. The highest BCUT2D eigenvalue weighted by Crippen LogP contribution is 2.28. The molecule has 2 rings (SSSR count). The summed E-state index contributed by atoms with van der Waals surface area (Å²) in [5.74, 6) is 0.470. The number of piperazine rings is 1. The number of nitriles is 1. The van der Waals surface area contributed by atoms with Gasteiger partial charge in [-0.25, -0.2) is 8.42 Å². The fraction of sp³-hybridized carbons (Fsp3) is 0.588. The summed E-state index contributed by atoms with van der Waals surface area (Å²) < 4.78 is 27.4. The van der Waals surface area contributed by atoms with Crippen molar-refractivity contribution in [2.45, 2.75) is 31.2 Å². The van der Waals surface area contributed by atoms with Crippen molar-refractivity contribution in [1.82, 2.24) is 9.21 Å². The zero-order chi connectivity index (χ0) is 18.6. The van der Waals surface area contributed by atoms with Crippen LogP contribution in [0.2, 0.25) is 5.02 Å². The van der Waals surface area contributed by atoms with Gasteiger partial charge in [-0.2, -0.15) is 9.57 Å². The van der Waals surface area contributed by atoms with Gasteiger partial charge in [0.2, 0.25) is 10.0 Å². The van der Waals surface area contributed by atoms with Crippen molar-refractivity contribution in [2.75, 3.05) is 32.8 Å². The molecule has 0 amide bonds. The minimum Gasteiger partial charge on any atom is -0.396 e. The fourth-order valence-corrected chi connectivity index (χ4v) is 5.12. The van der Waals surface area contributed by atoms with Crippen LogP contribution in [0.25, 0.3) is 0 Å². The summed E-state index contributed by atoms with van der Waals surface area (Å²) in [6.07, 6.45) is 0.528. The predicted octanol–water partition coefficient (Wildman–Crippen LogP) is 1.92. The van der Waals surface area contributed by atoms with Crippen LogP contribution in [0.5, 0.6) is 0 Å². The molecule has 1 heterocycles. The Morgan fingerprint density at radius 2 is 2.12 bits per heavy atom. The SMILES string of the molecule is CC(C)CN1CCN(S(=O)(=O)c2ccc(C#N)cc2Cl)CC1CCO. The lowest BCUT2D eigenvalue weighted by molar-refractivity contribution is 0.0853. The van der Waals surface area contributed by atoms with Crippen LogP contribution >= 0.6 is 11.6 Å². The molecule has 0 spiro atoms. The maximum atomic E-state index is 13.0. The van der Waals surface area contributed by atoms with Crippen molar-refractivity contribution in [1.29, 1.82) is 5.26 Å². The topological polar surface area (TPSA) is 84.6 Å². The van der Waals surface area contributed by atoms with E-state index >= 15 is 0 Å². The van der Waals surface area contributed by atoms with E-state index in [1.807, 2.05) is 6.07 Å². The smallest absolute Gasteiger partial charge is 0.244 e. The van der Waals surface area contributed by atoms with Crippen molar-refractivity contribution in [3.05, 3.63) is 28.8 Å². The molecule has 1 N–H and O–H groups in total. The van der Waals surface area contributed by atoms with E-state index in [1.54, 1.807) is 0 Å². The summed E-state index contributed by atoms with van der Waals surface area (Å²) in [6.45, 7) is 6.46. The highest BCUT2D eigenvalue weighted by molar-refractivity contribution is 7.89. The summed E-state index contributed by atoms with van der Waals surface area (Å²) in [6, 6.07) is 6.14. The number of nitrogens with zero attached hydrogens (tertiary/aromatic N) is 3. The fourth-order valence-electron chi connectivity index (χ4n) is 3.13. The lowest BCUT2D eigenvalue weighted by atomic mass is 10.1. The minimum atomic E-state index is -3.74. The maximum Gasteiger partial charge on any atom is 0.244 e. The molecule has 0 aliphatic carbocycles. The normalized spacial score (nSPS) is 19.9. The van der Waals surface area contributed by atoms with Gasteiger partial charge in [-0.05, 0) is 30.5 Å². The Hall–Kier alpha value is -1.17. The molecule has 0 bridgehead atoms. The highest BCUT2D eigenvalue weighted by Gasteiger charge is 2.35. The first-order chi connectivity index (χ1) is 11.8. The zero-order valence-corrected chi connectivity index (χ0v) is 16.1. The third kappa shape index (κ3) is 4.72. The van der Waals surface area contributed by atoms with E-state index in [9.17, 15) is 13.5 Å². The Kier molecular flexibility index (Phi) is 6.83. The van der Waals surface area contributed by atoms with Gasteiger partial charge in [0.05, 0.1) is 16.7 Å². The Labute approximate surface area is 154 Å². The highest BCUT2D eigenvalue weighted by atomic mass is 35.5. The average Bonchev–Trinajstić information content (AvgIpc) is 2.55. The van der Waals surface area contributed by atoms with Gasteiger partial charge in [0, 0.05) is 38.8 Å². The van der Waals surface area contributed by atoms with Gasteiger partial charge < -0.3 is 5.11 Å². The number of hydrogen-bond donors (Lipinski definition) is 1. The molecule has 25 heavy (non-hydrogen) atoms. The maximum absolute atomic E-state index is 13.0. The molecule has 1 aliphatic rings. The van der Waals surface area contributed by atoms with Crippen LogP contribution in [-0.2, 0) is 10.0 Å². The van der Waals surface area contributed by atoms with Crippen LogP contribution in [0.3, 0.4) is 0 Å². The van der Waals surface area contributed by atoms with Crippen molar-refractivity contribution >= 4 is 21.6 Å². The molecule has 8 heteroatoms. The van der Waals surface area contributed by atoms with Gasteiger partial charge in [-0.1, -0.05) is 25.4 Å². The van der Waals surface area contributed by atoms with E-state index in [0.29, 0.717) is 37.5 Å². The number of sulfonamides is 1. The summed E-state index contributed by atoms with van der Waals surface area (Å²) >= 11 is 6.10. The average molecular weight is 386 g/mol. The molecule has 0 radical (unpaired) electrons. The van der Waals surface area contributed by atoms with Crippen molar-refractivity contribution in [2.24, 2.45) is 5.92 Å². The number of benzene rings is 1. The Bertz CT molecular complexity index is 746. The molecular weight excluding hydrogens is 362 g/mol. The largest absolute Gasteiger partial charge is 0.396 e. The van der Waals surface area contributed by atoms with Gasteiger partial charge in [-0.15, -0.1) is 0 Å². The Morgan fingerprint density at radius 3 is 2.68 bits per heavy atom. The lowest BCUT2D eigenvalue weighted by Gasteiger charge is -2.41. The second-order valence-electron chi connectivity index (χ2n) is 6.67. The van der Waals surface area contributed by atoms with E-state index in [2.05, 4.69) is 18.7 Å². The predicted molar refractivity (Wildman–Crippen MR) is 96.8 cm³/mol. The number of halogens is 1. The van der Waals surface area contributed by atoms with Crippen molar-refractivity contribution in [3.8, 4) is 6.07 Å². The molecule has 1 aromatic carbocycles. The first-order valence-electron chi connectivity index (χ1n) is 8.34. The van der Waals surface area contributed by atoms with Crippen molar-refractivity contribution in [3.63, 3.8) is 0 Å². The molecule has 1 aliphatic heterocycles. The summed E-state index contributed by atoms with van der Waals surface area (Å²) in [7, 11) is -3.74. The zero-order valence-electron chi connectivity index (χ0n) is 14.5.